The summed E-state index contributed by atoms with van der Waals surface area (Å²) in [6, 6.07) is 11.0. The molecule has 6 nitrogen and oxygen atoms in total. The number of ether oxygens (including phenoxy) is 2. The normalized spacial score (nSPS) is 11.1. The molecule has 8 heteroatoms. The fourth-order valence-electron chi connectivity index (χ4n) is 2.34. The van der Waals surface area contributed by atoms with Gasteiger partial charge in [-0.2, -0.15) is 0 Å². The van der Waals surface area contributed by atoms with E-state index in [9.17, 15) is 13.2 Å². The van der Waals surface area contributed by atoms with E-state index in [2.05, 4.69) is 0 Å². The molecule has 0 heterocycles. The SMILES string of the molecule is COc1ccc(CN(C)C(=O)CS(=O)(=O)c2ccc(Cl)cc2)cc1OC. The molecule has 2 rings (SSSR count). The van der Waals surface area contributed by atoms with Gasteiger partial charge in [0, 0.05) is 18.6 Å². The number of hydrogen-bond acceptors (Lipinski definition) is 5. The first-order chi connectivity index (χ1) is 12.3. The highest BCUT2D eigenvalue weighted by atomic mass is 35.5. The number of rotatable bonds is 7. The first-order valence-electron chi connectivity index (χ1n) is 7.70. The van der Waals surface area contributed by atoms with Crippen LogP contribution in [0.25, 0.3) is 0 Å². The molecule has 0 aliphatic heterocycles. The van der Waals surface area contributed by atoms with Crippen LogP contribution in [0.5, 0.6) is 11.5 Å². The average Bonchev–Trinajstić information content (AvgIpc) is 2.61. The molecule has 0 N–H and O–H groups in total. The summed E-state index contributed by atoms with van der Waals surface area (Å²) in [5.41, 5.74) is 0.794. The van der Waals surface area contributed by atoms with Crippen molar-refractivity contribution in [3.8, 4) is 11.5 Å². The van der Waals surface area contributed by atoms with E-state index >= 15 is 0 Å². The lowest BCUT2D eigenvalue weighted by Crippen LogP contribution is -2.32. The molecule has 0 aliphatic rings. The van der Waals surface area contributed by atoms with Gasteiger partial charge in [0.05, 0.1) is 19.1 Å². The quantitative estimate of drug-likeness (QED) is 0.718. The summed E-state index contributed by atoms with van der Waals surface area (Å²) in [5.74, 6) is 0.00299. The van der Waals surface area contributed by atoms with Crippen LogP contribution in [0.1, 0.15) is 5.56 Å². The number of sulfone groups is 1. The van der Waals surface area contributed by atoms with Crippen LogP contribution >= 0.6 is 11.6 Å². The second kappa shape index (κ2) is 8.42. The number of nitrogens with zero attached hydrogens (tertiary/aromatic N) is 1. The maximum Gasteiger partial charge on any atom is 0.238 e. The number of carbonyl (C=O) groups is 1. The van der Waals surface area contributed by atoms with Crippen LogP contribution < -0.4 is 9.47 Å². The summed E-state index contributed by atoms with van der Waals surface area (Å²) < 4.78 is 35.1. The van der Waals surface area contributed by atoms with Gasteiger partial charge in [0.2, 0.25) is 5.91 Å². The first-order valence-corrected chi connectivity index (χ1v) is 9.73. The molecule has 1 amide bonds. The van der Waals surface area contributed by atoms with Gasteiger partial charge in [-0.3, -0.25) is 4.79 Å². The largest absolute Gasteiger partial charge is 0.493 e. The second-order valence-electron chi connectivity index (χ2n) is 5.65. The van der Waals surface area contributed by atoms with Crippen molar-refractivity contribution in [1.82, 2.24) is 4.90 Å². The molecule has 0 aromatic heterocycles. The van der Waals surface area contributed by atoms with Gasteiger partial charge in [0.15, 0.2) is 21.3 Å². The van der Waals surface area contributed by atoms with E-state index in [1.165, 1.54) is 43.4 Å². The Bertz CT molecular complexity index is 881. The molecule has 0 bridgehead atoms. The Kier molecular flexibility index (Phi) is 6.50. The Balaban J connectivity index is 2.09. The number of hydrogen-bond donors (Lipinski definition) is 0. The predicted octanol–water partition coefficient (Wildman–Crippen LogP) is 2.79. The third-order valence-corrected chi connectivity index (χ3v) is 5.65. The third-order valence-electron chi connectivity index (χ3n) is 3.78. The highest BCUT2D eigenvalue weighted by molar-refractivity contribution is 7.92. The number of methoxy groups -OCH3 is 2. The summed E-state index contributed by atoms with van der Waals surface area (Å²) in [6.45, 7) is 0.245. The van der Waals surface area contributed by atoms with E-state index in [0.717, 1.165) is 5.56 Å². The summed E-state index contributed by atoms with van der Waals surface area (Å²) in [4.78, 5) is 13.8. The standard InChI is InChI=1S/C18H20ClNO5S/c1-20(11-13-4-9-16(24-2)17(10-13)25-3)18(21)12-26(22,23)15-7-5-14(19)6-8-15/h4-10H,11-12H2,1-3H3. The summed E-state index contributed by atoms with van der Waals surface area (Å²) in [7, 11) is 0.880. The number of benzene rings is 2. The van der Waals surface area contributed by atoms with Crippen LogP contribution in [0.4, 0.5) is 0 Å². The molecule has 2 aromatic rings. The average molecular weight is 398 g/mol. The zero-order valence-electron chi connectivity index (χ0n) is 14.7. The Labute approximate surface area is 158 Å². The molecule has 0 fully saturated rings. The smallest absolute Gasteiger partial charge is 0.238 e. The highest BCUT2D eigenvalue weighted by Gasteiger charge is 2.22. The second-order valence-corrected chi connectivity index (χ2v) is 8.08. The lowest BCUT2D eigenvalue weighted by molar-refractivity contribution is -0.127. The van der Waals surface area contributed by atoms with Crippen molar-refractivity contribution >= 4 is 27.3 Å². The van der Waals surface area contributed by atoms with Crippen molar-refractivity contribution in [2.75, 3.05) is 27.0 Å². The van der Waals surface area contributed by atoms with Crippen molar-refractivity contribution in [2.24, 2.45) is 0 Å². The molecule has 0 radical (unpaired) electrons. The van der Waals surface area contributed by atoms with Crippen LogP contribution in [0.15, 0.2) is 47.4 Å². The minimum Gasteiger partial charge on any atom is -0.493 e. The Morgan fingerprint density at radius 1 is 1.04 bits per heavy atom. The zero-order chi connectivity index (χ0) is 19.3. The van der Waals surface area contributed by atoms with Gasteiger partial charge in [-0.05, 0) is 42.0 Å². The lowest BCUT2D eigenvalue weighted by atomic mass is 10.2. The van der Waals surface area contributed by atoms with E-state index < -0.39 is 21.5 Å². The van der Waals surface area contributed by atoms with Crippen LogP contribution in [-0.2, 0) is 21.2 Å². The number of amides is 1. The molecule has 0 saturated heterocycles. The predicted molar refractivity (Wildman–Crippen MR) is 99.5 cm³/mol. The molecule has 0 unspecified atom stereocenters. The Hall–Kier alpha value is -2.25. The lowest BCUT2D eigenvalue weighted by Gasteiger charge is -2.18. The van der Waals surface area contributed by atoms with Crippen LogP contribution in [0.2, 0.25) is 5.02 Å². The van der Waals surface area contributed by atoms with Gasteiger partial charge in [0.1, 0.15) is 5.75 Å². The maximum atomic E-state index is 12.4. The van der Waals surface area contributed by atoms with E-state index in [1.807, 2.05) is 0 Å². The fourth-order valence-corrected chi connectivity index (χ4v) is 3.73. The van der Waals surface area contributed by atoms with Gasteiger partial charge in [-0.1, -0.05) is 17.7 Å². The minimum atomic E-state index is -3.73. The van der Waals surface area contributed by atoms with Crippen molar-refractivity contribution in [2.45, 2.75) is 11.4 Å². The molecule has 140 valence electrons. The fraction of sp³-hybridized carbons (Fsp3) is 0.278. The number of halogens is 1. The van der Waals surface area contributed by atoms with Crippen molar-refractivity contribution in [3.63, 3.8) is 0 Å². The summed E-state index contributed by atoms with van der Waals surface area (Å²) in [6.07, 6.45) is 0. The Morgan fingerprint density at radius 2 is 1.65 bits per heavy atom. The van der Waals surface area contributed by atoms with Crippen LogP contribution in [0, 0.1) is 0 Å². The van der Waals surface area contributed by atoms with Gasteiger partial charge in [-0.15, -0.1) is 0 Å². The minimum absolute atomic E-state index is 0.0646. The van der Waals surface area contributed by atoms with Crippen molar-refractivity contribution in [3.05, 3.63) is 53.1 Å². The topological polar surface area (TPSA) is 72.9 Å². The molecule has 0 saturated carbocycles. The van der Waals surface area contributed by atoms with Crippen LogP contribution in [0.3, 0.4) is 0 Å². The molecule has 0 atom stereocenters. The monoisotopic (exact) mass is 397 g/mol. The van der Waals surface area contributed by atoms with E-state index in [4.69, 9.17) is 21.1 Å². The third kappa shape index (κ3) is 4.89. The first kappa shape index (κ1) is 20.1. The molecular formula is C18H20ClNO5S. The van der Waals surface area contributed by atoms with Gasteiger partial charge >= 0.3 is 0 Å². The van der Waals surface area contributed by atoms with Gasteiger partial charge in [0.25, 0.3) is 0 Å². The van der Waals surface area contributed by atoms with Gasteiger partial charge < -0.3 is 14.4 Å². The van der Waals surface area contributed by atoms with E-state index in [-0.39, 0.29) is 11.4 Å². The molecule has 2 aromatic carbocycles. The highest BCUT2D eigenvalue weighted by Crippen LogP contribution is 2.28. The Morgan fingerprint density at radius 3 is 2.23 bits per heavy atom. The van der Waals surface area contributed by atoms with Gasteiger partial charge in [-0.25, -0.2) is 8.42 Å². The van der Waals surface area contributed by atoms with Crippen LogP contribution in [-0.4, -0.2) is 46.2 Å². The molecule has 26 heavy (non-hydrogen) atoms. The van der Waals surface area contributed by atoms with Crippen molar-refractivity contribution in [1.29, 1.82) is 0 Å². The molecular weight excluding hydrogens is 378 g/mol. The summed E-state index contributed by atoms with van der Waals surface area (Å²) >= 11 is 5.77. The van der Waals surface area contributed by atoms with E-state index in [1.54, 1.807) is 25.2 Å². The maximum absolute atomic E-state index is 12.4. The van der Waals surface area contributed by atoms with E-state index in [0.29, 0.717) is 16.5 Å². The van der Waals surface area contributed by atoms with Crippen molar-refractivity contribution < 1.29 is 22.7 Å². The zero-order valence-corrected chi connectivity index (χ0v) is 16.3. The molecule has 0 spiro atoms. The number of carbonyl (C=O) groups excluding carboxylic acids is 1. The summed E-state index contributed by atoms with van der Waals surface area (Å²) in [5, 5.41) is 0.431. The molecule has 0 aliphatic carbocycles.